The number of amides is 1. The van der Waals surface area contributed by atoms with E-state index in [1.165, 1.54) is 19.8 Å². The highest BCUT2D eigenvalue weighted by atomic mass is 35.5. The zero-order valence-corrected chi connectivity index (χ0v) is 14.9. The summed E-state index contributed by atoms with van der Waals surface area (Å²) >= 11 is 6.06. The molecule has 0 aliphatic carbocycles. The maximum Gasteiger partial charge on any atom is 0.224 e. The molecule has 1 amide bonds. The van der Waals surface area contributed by atoms with Gasteiger partial charge in [0.05, 0.1) is 24.9 Å². The van der Waals surface area contributed by atoms with Gasteiger partial charge in [0.25, 0.3) is 0 Å². The lowest BCUT2D eigenvalue weighted by molar-refractivity contribution is -0.116. The monoisotopic (exact) mass is 347 g/mol. The first-order valence-corrected chi connectivity index (χ1v) is 8.24. The molecule has 24 heavy (non-hydrogen) atoms. The molecule has 0 saturated carbocycles. The van der Waals surface area contributed by atoms with Crippen molar-refractivity contribution >= 4 is 23.2 Å². The maximum atomic E-state index is 12.2. The number of carbonyl (C=O) groups is 1. The number of methoxy groups -OCH3 is 2. The average molecular weight is 348 g/mol. The standard InChI is InChI=1S/C19H22ClNO3/c1-4-13-5-7-14(8-6-13)9-10-19(22)21-16-12-17(23-2)15(20)11-18(16)24-3/h5-8,11-12H,4,9-10H2,1-3H3,(H,21,22). The van der Waals surface area contributed by atoms with Crippen LogP contribution in [0.3, 0.4) is 0 Å². The molecule has 0 atom stereocenters. The van der Waals surface area contributed by atoms with Gasteiger partial charge in [0.1, 0.15) is 11.5 Å². The van der Waals surface area contributed by atoms with Gasteiger partial charge >= 0.3 is 0 Å². The smallest absolute Gasteiger partial charge is 0.224 e. The summed E-state index contributed by atoms with van der Waals surface area (Å²) in [5.74, 6) is 0.904. The second-order valence-corrected chi connectivity index (χ2v) is 5.81. The van der Waals surface area contributed by atoms with E-state index in [1.54, 1.807) is 12.1 Å². The highest BCUT2D eigenvalue weighted by Gasteiger charge is 2.12. The fraction of sp³-hybridized carbons (Fsp3) is 0.316. The zero-order chi connectivity index (χ0) is 17.5. The van der Waals surface area contributed by atoms with Crippen LogP contribution >= 0.6 is 11.6 Å². The lowest BCUT2D eigenvalue weighted by Gasteiger charge is -2.13. The van der Waals surface area contributed by atoms with E-state index in [0.29, 0.717) is 35.1 Å². The van der Waals surface area contributed by atoms with Gasteiger partial charge in [0, 0.05) is 18.6 Å². The summed E-state index contributed by atoms with van der Waals surface area (Å²) < 4.78 is 10.4. The van der Waals surface area contributed by atoms with E-state index in [9.17, 15) is 4.79 Å². The molecule has 0 unspecified atom stereocenters. The van der Waals surface area contributed by atoms with Crippen molar-refractivity contribution in [2.45, 2.75) is 26.2 Å². The number of halogens is 1. The van der Waals surface area contributed by atoms with E-state index >= 15 is 0 Å². The normalized spacial score (nSPS) is 10.3. The summed E-state index contributed by atoms with van der Waals surface area (Å²) in [6.07, 6.45) is 2.08. The van der Waals surface area contributed by atoms with Crippen molar-refractivity contribution in [3.05, 3.63) is 52.5 Å². The summed E-state index contributed by atoms with van der Waals surface area (Å²) in [6.45, 7) is 2.12. The Balaban J connectivity index is 2.01. The molecule has 2 aromatic rings. The molecule has 0 bridgehead atoms. The number of ether oxygens (including phenoxy) is 2. The summed E-state index contributed by atoms with van der Waals surface area (Å²) in [4.78, 5) is 12.2. The van der Waals surface area contributed by atoms with Crippen molar-refractivity contribution in [1.82, 2.24) is 0 Å². The summed E-state index contributed by atoms with van der Waals surface area (Å²) in [5.41, 5.74) is 2.98. The van der Waals surface area contributed by atoms with Gasteiger partial charge in [-0.3, -0.25) is 4.79 Å². The first-order chi connectivity index (χ1) is 11.6. The minimum absolute atomic E-state index is 0.0859. The second-order valence-electron chi connectivity index (χ2n) is 5.41. The lowest BCUT2D eigenvalue weighted by Crippen LogP contribution is -2.13. The predicted octanol–water partition coefficient (Wildman–Crippen LogP) is 4.49. The second kappa shape index (κ2) is 8.60. The third kappa shape index (κ3) is 4.65. The number of hydrogen-bond donors (Lipinski definition) is 1. The molecule has 1 N–H and O–H groups in total. The van der Waals surface area contributed by atoms with Crippen molar-refractivity contribution in [3.8, 4) is 11.5 Å². The highest BCUT2D eigenvalue weighted by molar-refractivity contribution is 6.32. The first-order valence-electron chi connectivity index (χ1n) is 7.86. The molecule has 128 valence electrons. The topological polar surface area (TPSA) is 47.6 Å². The Morgan fingerprint density at radius 3 is 2.25 bits per heavy atom. The number of rotatable bonds is 7. The number of nitrogens with one attached hydrogen (secondary N) is 1. The molecule has 0 aliphatic rings. The maximum absolute atomic E-state index is 12.2. The lowest BCUT2D eigenvalue weighted by atomic mass is 10.1. The van der Waals surface area contributed by atoms with Crippen LogP contribution in [-0.2, 0) is 17.6 Å². The quantitative estimate of drug-likeness (QED) is 0.802. The molecule has 5 heteroatoms. The fourth-order valence-corrected chi connectivity index (χ4v) is 2.60. The molecule has 0 heterocycles. The van der Waals surface area contributed by atoms with Crippen molar-refractivity contribution in [2.75, 3.05) is 19.5 Å². The SMILES string of the molecule is CCc1ccc(CCC(=O)Nc2cc(OC)c(Cl)cc2OC)cc1. The van der Waals surface area contributed by atoms with Gasteiger partial charge in [0.2, 0.25) is 5.91 Å². The van der Waals surface area contributed by atoms with Crippen LogP contribution in [-0.4, -0.2) is 20.1 Å². The van der Waals surface area contributed by atoms with Crippen LogP contribution in [0.4, 0.5) is 5.69 Å². The third-order valence-corrected chi connectivity index (χ3v) is 4.12. The summed E-state index contributed by atoms with van der Waals surface area (Å²) in [6, 6.07) is 11.6. The molecule has 4 nitrogen and oxygen atoms in total. The number of benzene rings is 2. The van der Waals surface area contributed by atoms with E-state index in [0.717, 1.165) is 12.0 Å². The number of aryl methyl sites for hydroxylation is 2. The van der Waals surface area contributed by atoms with E-state index in [1.807, 2.05) is 0 Å². The van der Waals surface area contributed by atoms with Gasteiger partial charge in [-0.1, -0.05) is 42.8 Å². The largest absolute Gasteiger partial charge is 0.495 e. The van der Waals surface area contributed by atoms with Crippen molar-refractivity contribution in [3.63, 3.8) is 0 Å². The van der Waals surface area contributed by atoms with Crippen molar-refractivity contribution < 1.29 is 14.3 Å². The van der Waals surface area contributed by atoms with Gasteiger partial charge in [-0.2, -0.15) is 0 Å². The Morgan fingerprint density at radius 2 is 1.67 bits per heavy atom. The van der Waals surface area contributed by atoms with Crippen LogP contribution in [0.15, 0.2) is 36.4 Å². The molecule has 0 saturated heterocycles. The Hall–Kier alpha value is -2.20. The van der Waals surface area contributed by atoms with E-state index in [4.69, 9.17) is 21.1 Å². The van der Waals surface area contributed by atoms with E-state index < -0.39 is 0 Å². The van der Waals surface area contributed by atoms with Gasteiger partial charge < -0.3 is 14.8 Å². The van der Waals surface area contributed by atoms with Crippen LogP contribution in [0.5, 0.6) is 11.5 Å². The van der Waals surface area contributed by atoms with E-state index in [2.05, 4.69) is 36.5 Å². The molecule has 0 spiro atoms. The van der Waals surface area contributed by atoms with Gasteiger partial charge in [-0.15, -0.1) is 0 Å². The van der Waals surface area contributed by atoms with Crippen LogP contribution in [0.1, 0.15) is 24.5 Å². The molecular formula is C19H22ClNO3. The van der Waals surface area contributed by atoms with Crippen LogP contribution in [0.2, 0.25) is 5.02 Å². The molecule has 2 rings (SSSR count). The third-order valence-electron chi connectivity index (χ3n) is 3.82. The zero-order valence-electron chi connectivity index (χ0n) is 14.2. The predicted molar refractivity (Wildman–Crippen MR) is 97.3 cm³/mol. The van der Waals surface area contributed by atoms with Crippen LogP contribution < -0.4 is 14.8 Å². The highest BCUT2D eigenvalue weighted by Crippen LogP contribution is 2.35. The Bertz CT molecular complexity index is 699. The molecule has 0 fully saturated rings. The molecule has 0 radical (unpaired) electrons. The molecule has 0 aliphatic heterocycles. The van der Waals surface area contributed by atoms with Gasteiger partial charge in [-0.05, 0) is 24.0 Å². The van der Waals surface area contributed by atoms with Crippen molar-refractivity contribution in [2.24, 2.45) is 0 Å². The Labute approximate surface area is 147 Å². The molecule has 0 aromatic heterocycles. The Morgan fingerprint density at radius 1 is 1.04 bits per heavy atom. The minimum Gasteiger partial charge on any atom is -0.495 e. The minimum atomic E-state index is -0.0859. The van der Waals surface area contributed by atoms with Crippen LogP contribution in [0, 0.1) is 0 Å². The van der Waals surface area contributed by atoms with Crippen LogP contribution in [0.25, 0.3) is 0 Å². The number of anilines is 1. The Kier molecular flexibility index (Phi) is 6.50. The van der Waals surface area contributed by atoms with Gasteiger partial charge in [-0.25, -0.2) is 0 Å². The summed E-state index contributed by atoms with van der Waals surface area (Å²) in [7, 11) is 3.06. The fourth-order valence-electron chi connectivity index (χ4n) is 2.37. The molecule has 2 aromatic carbocycles. The van der Waals surface area contributed by atoms with Crippen molar-refractivity contribution in [1.29, 1.82) is 0 Å². The molecular weight excluding hydrogens is 326 g/mol. The van der Waals surface area contributed by atoms with Gasteiger partial charge in [0.15, 0.2) is 0 Å². The summed E-state index contributed by atoms with van der Waals surface area (Å²) in [5, 5.41) is 3.29. The number of carbonyl (C=O) groups excluding carboxylic acids is 1. The van der Waals surface area contributed by atoms with E-state index in [-0.39, 0.29) is 5.91 Å². The number of hydrogen-bond acceptors (Lipinski definition) is 3. The first kappa shape index (κ1) is 18.1. The average Bonchev–Trinajstić information content (AvgIpc) is 2.61.